The van der Waals surface area contributed by atoms with Crippen molar-refractivity contribution in [3.05, 3.63) is 58.9 Å². The lowest BCUT2D eigenvalue weighted by atomic mass is 10.0. The zero-order valence-electron chi connectivity index (χ0n) is 10.1. The highest BCUT2D eigenvalue weighted by Gasteiger charge is 2.23. The number of halogens is 2. The Kier molecular flexibility index (Phi) is 3.67. The van der Waals surface area contributed by atoms with E-state index in [0.717, 1.165) is 5.75 Å². The summed E-state index contributed by atoms with van der Waals surface area (Å²) in [5, 5.41) is 0.0960. The molecular weight excluding hydrogens is 283 g/mol. The molecule has 1 unspecified atom stereocenters. The number of hydrogen-bond donors (Lipinski definition) is 0. The number of thioether (sulfide) groups is 1. The molecule has 3 rings (SSSR count). The van der Waals surface area contributed by atoms with Crippen LogP contribution in [0.2, 0.25) is 5.02 Å². The van der Waals surface area contributed by atoms with E-state index in [0.29, 0.717) is 18.3 Å². The molecule has 2 aromatic rings. The Hall–Kier alpha value is -1.19. The molecule has 19 heavy (non-hydrogen) atoms. The molecule has 1 atom stereocenters. The quantitative estimate of drug-likeness (QED) is 0.808. The molecule has 0 fully saturated rings. The predicted octanol–water partition coefficient (Wildman–Crippen LogP) is 4.75. The van der Waals surface area contributed by atoms with Crippen molar-refractivity contribution in [1.29, 1.82) is 0 Å². The summed E-state index contributed by atoms with van der Waals surface area (Å²) in [5.74, 6) is 1.59. The molecule has 0 aromatic heterocycles. The van der Waals surface area contributed by atoms with Crippen LogP contribution in [0.15, 0.2) is 47.4 Å². The maximum atomic E-state index is 13.0. The van der Waals surface area contributed by atoms with Crippen molar-refractivity contribution < 1.29 is 9.13 Å². The molecule has 0 aliphatic carbocycles. The van der Waals surface area contributed by atoms with E-state index in [1.807, 2.05) is 17.8 Å². The van der Waals surface area contributed by atoms with Gasteiger partial charge in [-0.25, -0.2) is 4.39 Å². The van der Waals surface area contributed by atoms with Crippen LogP contribution in [0.25, 0.3) is 0 Å². The van der Waals surface area contributed by atoms with Crippen LogP contribution in [0.4, 0.5) is 4.39 Å². The molecule has 0 saturated carbocycles. The third-order valence-electron chi connectivity index (χ3n) is 3.14. The Morgan fingerprint density at radius 1 is 1.26 bits per heavy atom. The molecule has 0 saturated heterocycles. The zero-order chi connectivity index (χ0) is 13.2. The van der Waals surface area contributed by atoms with Gasteiger partial charge in [0, 0.05) is 22.6 Å². The molecule has 0 spiro atoms. The fraction of sp³-hybridized carbons (Fsp3) is 0.200. The summed E-state index contributed by atoms with van der Waals surface area (Å²) in [6.07, 6.45) is 0. The van der Waals surface area contributed by atoms with Crippen LogP contribution >= 0.6 is 23.4 Å². The minimum absolute atomic E-state index is 0.0960. The Morgan fingerprint density at radius 3 is 2.95 bits per heavy atom. The lowest BCUT2D eigenvalue weighted by Gasteiger charge is -2.12. The van der Waals surface area contributed by atoms with Crippen LogP contribution in [0, 0.1) is 5.82 Å². The van der Waals surface area contributed by atoms with Gasteiger partial charge in [-0.05, 0) is 23.8 Å². The maximum absolute atomic E-state index is 13.0. The molecule has 1 aliphatic heterocycles. The van der Waals surface area contributed by atoms with E-state index < -0.39 is 5.82 Å². The second-order valence-corrected chi connectivity index (χ2v) is 5.90. The predicted molar refractivity (Wildman–Crippen MR) is 76.8 cm³/mol. The number of ether oxygens (including phenoxy) is 1. The van der Waals surface area contributed by atoms with E-state index >= 15 is 0 Å². The highest BCUT2D eigenvalue weighted by atomic mass is 35.5. The molecule has 4 heteroatoms. The van der Waals surface area contributed by atoms with Crippen LogP contribution in [0.5, 0.6) is 5.75 Å². The van der Waals surface area contributed by atoms with E-state index in [1.165, 1.54) is 22.6 Å². The minimum Gasteiger partial charge on any atom is -0.493 e. The van der Waals surface area contributed by atoms with Crippen molar-refractivity contribution in [1.82, 2.24) is 0 Å². The third kappa shape index (κ3) is 2.72. The molecule has 1 nitrogen and oxygen atoms in total. The van der Waals surface area contributed by atoms with Gasteiger partial charge >= 0.3 is 0 Å². The lowest BCUT2D eigenvalue weighted by molar-refractivity contribution is 0.297. The first-order valence-corrected chi connectivity index (χ1v) is 7.40. The highest BCUT2D eigenvalue weighted by molar-refractivity contribution is 7.99. The summed E-state index contributed by atoms with van der Waals surface area (Å²) in [7, 11) is 0. The summed E-state index contributed by atoms with van der Waals surface area (Å²) in [4.78, 5) is 1.33. The summed E-state index contributed by atoms with van der Waals surface area (Å²) < 4.78 is 18.8. The summed E-state index contributed by atoms with van der Waals surface area (Å²) in [6.45, 7) is 0.589. The van der Waals surface area contributed by atoms with Crippen LogP contribution in [0.3, 0.4) is 0 Å². The van der Waals surface area contributed by atoms with Crippen molar-refractivity contribution >= 4 is 23.4 Å². The van der Waals surface area contributed by atoms with E-state index in [9.17, 15) is 4.39 Å². The number of rotatable bonds is 3. The fourth-order valence-electron chi connectivity index (χ4n) is 2.13. The summed E-state index contributed by atoms with van der Waals surface area (Å²) >= 11 is 7.58. The van der Waals surface area contributed by atoms with E-state index in [1.54, 1.807) is 6.07 Å². The highest BCUT2D eigenvalue weighted by Crippen LogP contribution is 2.39. The van der Waals surface area contributed by atoms with E-state index in [-0.39, 0.29) is 5.02 Å². The monoisotopic (exact) mass is 294 g/mol. The first-order chi connectivity index (χ1) is 9.24. The number of benzene rings is 2. The van der Waals surface area contributed by atoms with Gasteiger partial charge in [0.05, 0.1) is 11.6 Å². The zero-order valence-corrected chi connectivity index (χ0v) is 11.7. The normalized spacial score (nSPS) is 17.3. The number of hydrogen-bond acceptors (Lipinski definition) is 2. The van der Waals surface area contributed by atoms with Gasteiger partial charge in [0.1, 0.15) is 11.6 Å². The van der Waals surface area contributed by atoms with Gasteiger partial charge in [0.15, 0.2) is 0 Å². The molecule has 2 aromatic carbocycles. The van der Waals surface area contributed by atoms with Gasteiger partial charge in [0.25, 0.3) is 0 Å². The average Bonchev–Trinajstić information content (AvgIpc) is 2.83. The second kappa shape index (κ2) is 5.43. The van der Waals surface area contributed by atoms with Gasteiger partial charge < -0.3 is 4.74 Å². The van der Waals surface area contributed by atoms with Crippen LogP contribution in [-0.4, -0.2) is 12.4 Å². The van der Waals surface area contributed by atoms with Crippen molar-refractivity contribution in [2.75, 3.05) is 12.4 Å². The van der Waals surface area contributed by atoms with Crippen molar-refractivity contribution in [2.24, 2.45) is 0 Å². The van der Waals surface area contributed by atoms with Crippen molar-refractivity contribution in [3.63, 3.8) is 0 Å². The van der Waals surface area contributed by atoms with Gasteiger partial charge in [-0.1, -0.05) is 29.8 Å². The minimum atomic E-state index is -0.421. The third-order valence-corrected chi connectivity index (χ3v) is 4.68. The topological polar surface area (TPSA) is 9.23 Å². The maximum Gasteiger partial charge on any atom is 0.142 e. The summed E-state index contributed by atoms with van der Waals surface area (Å²) in [5.41, 5.74) is 1.33. The van der Waals surface area contributed by atoms with E-state index in [4.69, 9.17) is 16.3 Å². The molecule has 98 valence electrons. The fourth-order valence-corrected chi connectivity index (χ4v) is 3.53. The average molecular weight is 295 g/mol. The molecule has 1 aliphatic rings. The molecule has 1 heterocycles. The number of fused-ring (bicyclic) bond motifs is 1. The summed E-state index contributed by atoms with van der Waals surface area (Å²) in [6, 6.07) is 12.8. The van der Waals surface area contributed by atoms with Gasteiger partial charge in [-0.15, -0.1) is 11.8 Å². The SMILES string of the molecule is Fc1ccc(OCC2CSc3ccccc32)cc1Cl. The van der Waals surface area contributed by atoms with Gasteiger partial charge in [-0.2, -0.15) is 0 Å². The molecule has 0 amide bonds. The van der Waals surface area contributed by atoms with Crippen molar-refractivity contribution in [2.45, 2.75) is 10.8 Å². The smallest absolute Gasteiger partial charge is 0.142 e. The molecule has 0 N–H and O–H groups in total. The Balaban J connectivity index is 1.69. The molecule has 0 bridgehead atoms. The molecular formula is C15H12ClFOS. The largest absolute Gasteiger partial charge is 0.493 e. The Morgan fingerprint density at radius 2 is 2.11 bits per heavy atom. The van der Waals surface area contributed by atoms with Crippen LogP contribution < -0.4 is 4.74 Å². The van der Waals surface area contributed by atoms with Crippen LogP contribution in [-0.2, 0) is 0 Å². The van der Waals surface area contributed by atoms with Gasteiger partial charge in [0.2, 0.25) is 0 Å². The Bertz CT molecular complexity index is 602. The second-order valence-electron chi connectivity index (χ2n) is 4.43. The van der Waals surface area contributed by atoms with Crippen LogP contribution in [0.1, 0.15) is 11.5 Å². The lowest BCUT2D eigenvalue weighted by Crippen LogP contribution is -2.09. The molecule has 0 radical (unpaired) electrons. The first-order valence-electron chi connectivity index (χ1n) is 6.03. The van der Waals surface area contributed by atoms with Gasteiger partial charge in [-0.3, -0.25) is 0 Å². The first kappa shape index (κ1) is 12.8. The van der Waals surface area contributed by atoms with Crippen molar-refractivity contribution in [3.8, 4) is 5.75 Å². The Labute approximate surface area is 120 Å². The standard InChI is InChI=1S/C15H12ClFOS/c16-13-7-11(5-6-14(13)17)18-8-10-9-19-15-4-2-1-3-12(10)15/h1-7,10H,8-9H2. The van der Waals surface area contributed by atoms with E-state index in [2.05, 4.69) is 18.2 Å².